The second-order valence-corrected chi connectivity index (χ2v) is 9.10. The molecule has 0 bridgehead atoms. The third-order valence-electron chi connectivity index (χ3n) is 4.35. The van der Waals surface area contributed by atoms with Crippen LogP contribution in [-0.2, 0) is 21.2 Å². The number of rotatable bonds is 9. The molecule has 142 valence electrons. The summed E-state index contributed by atoms with van der Waals surface area (Å²) < 4.78 is 30.9. The average Bonchev–Trinajstić information content (AvgIpc) is 2.59. The fourth-order valence-corrected chi connectivity index (χ4v) is 4.13. The van der Waals surface area contributed by atoms with Gasteiger partial charge in [-0.05, 0) is 30.5 Å². The van der Waals surface area contributed by atoms with E-state index in [4.69, 9.17) is 4.74 Å². The van der Waals surface area contributed by atoms with Crippen LogP contribution in [0.25, 0.3) is 0 Å². The van der Waals surface area contributed by atoms with Crippen molar-refractivity contribution in [2.75, 3.05) is 5.75 Å². The topological polar surface area (TPSA) is 63.6 Å². The first-order chi connectivity index (χ1) is 12.3. The molecule has 2 aromatic rings. The summed E-state index contributed by atoms with van der Waals surface area (Å²) in [6, 6.07) is 16.5. The highest BCUT2D eigenvalue weighted by molar-refractivity contribution is 7.91. The van der Waals surface area contributed by atoms with E-state index in [0.717, 1.165) is 11.1 Å². The van der Waals surface area contributed by atoms with Gasteiger partial charge >= 0.3 is 0 Å². The number of aliphatic hydroxyl groups excluding tert-OH is 1. The Morgan fingerprint density at radius 2 is 1.62 bits per heavy atom. The van der Waals surface area contributed by atoms with E-state index in [0.29, 0.717) is 6.61 Å². The molecule has 0 radical (unpaired) electrons. The average molecular weight is 377 g/mol. The fraction of sp³-hybridized carbons (Fsp3) is 0.429. The third-order valence-corrected chi connectivity index (χ3v) is 6.16. The first kappa shape index (κ1) is 20.6. The first-order valence-electron chi connectivity index (χ1n) is 8.91. The minimum absolute atomic E-state index is 0.176. The van der Waals surface area contributed by atoms with Crippen LogP contribution in [0.15, 0.2) is 59.5 Å². The molecule has 0 unspecified atom stereocenters. The number of benzene rings is 2. The van der Waals surface area contributed by atoms with Gasteiger partial charge in [-0.1, -0.05) is 61.9 Å². The number of aliphatic hydroxyl groups is 1. The SMILES string of the molecule is Cc1ccc(S(=O)(=O)C[C@@H](O)C[C@@H](OCc2ccccc2)C(C)C)cc1. The molecule has 2 aromatic carbocycles. The van der Waals surface area contributed by atoms with Crippen LogP contribution in [0.3, 0.4) is 0 Å². The second-order valence-electron chi connectivity index (χ2n) is 7.06. The van der Waals surface area contributed by atoms with Crippen molar-refractivity contribution >= 4 is 9.84 Å². The molecule has 0 aliphatic rings. The predicted molar refractivity (Wildman–Crippen MR) is 104 cm³/mol. The van der Waals surface area contributed by atoms with Crippen molar-refractivity contribution in [1.82, 2.24) is 0 Å². The molecule has 26 heavy (non-hydrogen) atoms. The monoisotopic (exact) mass is 376 g/mol. The van der Waals surface area contributed by atoms with Gasteiger partial charge in [0, 0.05) is 6.42 Å². The summed E-state index contributed by atoms with van der Waals surface area (Å²) in [5.41, 5.74) is 2.05. The normalized spacial score (nSPS) is 14.3. The molecule has 0 spiro atoms. The highest BCUT2D eigenvalue weighted by Crippen LogP contribution is 2.19. The lowest BCUT2D eigenvalue weighted by atomic mass is 10.0. The van der Waals surface area contributed by atoms with E-state index in [-0.39, 0.29) is 29.1 Å². The van der Waals surface area contributed by atoms with Crippen molar-refractivity contribution < 1.29 is 18.3 Å². The van der Waals surface area contributed by atoms with Crippen molar-refractivity contribution in [3.8, 4) is 0 Å². The number of hydrogen-bond acceptors (Lipinski definition) is 4. The van der Waals surface area contributed by atoms with Gasteiger partial charge in [-0.2, -0.15) is 0 Å². The number of ether oxygens (including phenoxy) is 1. The molecule has 0 saturated carbocycles. The minimum Gasteiger partial charge on any atom is -0.392 e. The molecule has 0 fully saturated rings. The summed E-state index contributed by atoms with van der Waals surface area (Å²) in [6.45, 7) is 6.37. The highest BCUT2D eigenvalue weighted by Gasteiger charge is 2.24. The Kier molecular flexibility index (Phi) is 7.38. The molecule has 0 aliphatic heterocycles. The van der Waals surface area contributed by atoms with Crippen LogP contribution in [-0.4, -0.2) is 31.5 Å². The van der Waals surface area contributed by atoms with Gasteiger partial charge in [-0.15, -0.1) is 0 Å². The Morgan fingerprint density at radius 3 is 2.19 bits per heavy atom. The van der Waals surface area contributed by atoms with Gasteiger partial charge < -0.3 is 9.84 Å². The van der Waals surface area contributed by atoms with E-state index in [9.17, 15) is 13.5 Å². The molecular weight excluding hydrogens is 348 g/mol. The summed E-state index contributed by atoms with van der Waals surface area (Å²) in [7, 11) is -3.52. The zero-order valence-corrected chi connectivity index (χ0v) is 16.4. The molecule has 5 heteroatoms. The molecule has 1 N–H and O–H groups in total. The fourth-order valence-electron chi connectivity index (χ4n) is 2.74. The number of hydrogen-bond donors (Lipinski definition) is 1. The molecule has 4 nitrogen and oxygen atoms in total. The summed E-state index contributed by atoms with van der Waals surface area (Å²) in [6.07, 6.45) is -0.891. The van der Waals surface area contributed by atoms with Crippen molar-refractivity contribution in [2.45, 2.75) is 50.9 Å². The van der Waals surface area contributed by atoms with Gasteiger partial charge in [0.25, 0.3) is 0 Å². The van der Waals surface area contributed by atoms with E-state index >= 15 is 0 Å². The van der Waals surface area contributed by atoms with Gasteiger partial charge in [0.1, 0.15) is 0 Å². The lowest BCUT2D eigenvalue weighted by molar-refractivity contribution is -0.0175. The van der Waals surface area contributed by atoms with Crippen LogP contribution in [0.4, 0.5) is 0 Å². The lowest BCUT2D eigenvalue weighted by Crippen LogP contribution is -2.30. The molecule has 0 heterocycles. The van der Waals surface area contributed by atoms with Crippen LogP contribution >= 0.6 is 0 Å². The van der Waals surface area contributed by atoms with Crippen molar-refractivity contribution in [3.05, 3.63) is 65.7 Å². The minimum atomic E-state index is -3.52. The standard InChI is InChI=1S/C21H28O4S/c1-16(2)21(25-14-18-7-5-4-6-8-18)13-19(22)15-26(23,24)20-11-9-17(3)10-12-20/h4-12,16,19,21-22H,13-15H2,1-3H3/t19-,21+/m0/s1. The molecule has 0 amide bonds. The summed E-state index contributed by atoms with van der Waals surface area (Å²) >= 11 is 0. The zero-order chi connectivity index (χ0) is 19.2. The molecule has 2 atom stereocenters. The van der Waals surface area contributed by atoms with Gasteiger partial charge in [0.2, 0.25) is 0 Å². The lowest BCUT2D eigenvalue weighted by Gasteiger charge is -2.24. The Labute approximate surface area is 156 Å². The van der Waals surface area contributed by atoms with Crippen LogP contribution in [0, 0.1) is 12.8 Å². The third kappa shape index (κ3) is 6.24. The van der Waals surface area contributed by atoms with Crippen LogP contribution in [0.2, 0.25) is 0 Å². The first-order valence-corrected chi connectivity index (χ1v) is 10.6. The summed E-state index contributed by atoms with van der Waals surface area (Å²) in [4.78, 5) is 0.244. The maximum absolute atomic E-state index is 12.5. The second kappa shape index (κ2) is 9.31. The van der Waals surface area contributed by atoms with Crippen molar-refractivity contribution in [2.24, 2.45) is 5.92 Å². The Hall–Kier alpha value is -1.69. The van der Waals surface area contributed by atoms with Crippen LogP contribution in [0.5, 0.6) is 0 Å². The highest BCUT2D eigenvalue weighted by atomic mass is 32.2. The van der Waals surface area contributed by atoms with Crippen LogP contribution < -0.4 is 0 Å². The van der Waals surface area contributed by atoms with Gasteiger partial charge in [-0.3, -0.25) is 0 Å². The Balaban J connectivity index is 1.96. The van der Waals surface area contributed by atoms with E-state index in [1.165, 1.54) is 0 Å². The van der Waals surface area contributed by atoms with E-state index in [1.54, 1.807) is 24.3 Å². The maximum atomic E-state index is 12.5. The summed E-state index contributed by atoms with van der Waals surface area (Å²) in [5.74, 6) is -0.121. The Morgan fingerprint density at radius 1 is 1.00 bits per heavy atom. The quantitative estimate of drug-likeness (QED) is 0.724. The maximum Gasteiger partial charge on any atom is 0.180 e. The van der Waals surface area contributed by atoms with Crippen LogP contribution in [0.1, 0.15) is 31.4 Å². The summed E-state index contributed by atoms with van der Waals surface area (Å²) in [5, 5.41) is 10.4. The smallest absolute Gasteiger partial charge is 0.180 e. The van der Waals surface area contributed by atoms with Gasteiger partial charge in [0.05, 0.1) is 29.5 Å². The molecule has 0 saturated heterocycles. The van der Waals surface area contributed by atoms with Crippen molar-refractivity contribution in [3.63, 3.8) is 0 Å². The Bertz CT molecular complexity index is 767. The molecular formula is C21H28O4S. The van der Waals surface area contributed by atoms with E-state index in [2.05, 4.69) is 0 Å². The van der Waals surface area contributed by atoms with Gasteiger partial charge in [0.15, 0.2) is 9.84 Å². The van der Waals surface area contributed by atoms with Gasteiger partial charge in [-0.25, -0.2) is 8.42 Å². The molecule has 2 rings (SSSR count). The zero-order valence-electron chi connectivity index (χ0n) is 15.6. The predicted octanol–water partition coefficient (Wildman–Crippen LogP) is 3.76. The van der Waals surface area contributed by atoms with E-state index in [1.807, 2.05) is 51.1 Å². The largest absolute Gasteiger partial charge is 0.392 e. The number of sulfone groups is 1. The van der Waals surface area contributed by atoms with E-state index < -0.39 is 15.9 Å². The number of aryl methyl sites for hydroxylation is 1. The van der Waals surface area contributed by atoms with Crippen molar-refractivity contribution in [1.29, 1.82) is 0 Å². The molecule has 0 aliphatic carbocycles. The molecule has 0 aromatic heterocycles.